The normalized spacial score (nSPS) is 18.5. The van der Waals surface area contributed by atoms with E-state index in [2.05, 4.69) is 82.0 Å². The van der Waals surface area contributed by atoms with Crippen LogP contribution in [0.25, 0.3) is 6.08 Å². The average molecular weight is 367 g/mol. The highest BCUT2D eigenvalue weighted by molar-refractivity contribution is 8.05. The van der Waals surface area contributed by atoms with Gasteiger partial charge < -0.3 is 4.90 Å². The molecule has 1 unspecified atom stereocenters. The van der Waals surface area contributed by atoms with Crippen LogP contribution in [0.4, 0.5) is 5.69 Å². The minimum atomic E-state index is -0.728. The average Bonchev–Trinajstić information content (AvgIpc) is 3.02. The fraction of sp³-hybridized carbons (Fsp3) is 0.476. The number of hydrogen-bond acceptors (Lipinski definition) is 5. The Morgan fingerprint density at radius 3 is 2.19 bits per heavy atom. The molecule has 1 aromatic rings. The lowest BCUT2D eigenvalue weighted by molar-refractivity contribution is 0.589. The third-order valence-electron chi connectivity index (χ3n) is 4.33. The van der Waals surface area contributed by atoms with Crippen molar-refractivity contribution >= 4 is 29.2 Å². The second-order valence-corrected chi connectivity index (χ2v) is 8.40. The molecule has 1 atom stereocenters. The number of thioether (sulfide) groups is 1. The van der Waals surface area contributed by atoms with Crippen LogP contribution >= 0.6 is 11.8 Å². The molecule has 0 aromatic heterocycles. The summed E-state index contributed by atoms with van der Waals surface area (Å²) in [6, 6.07) is 12.6. The van der Waals surface area contributed by atoms with Crippen LogP contribution in [0.3, 0.4) is 0 Å². The van der Waals surface area contributed by atoms with Crippen molar-refractivity contribution in [3.8, 4) is 12.1 Å². The van der Waals surface area contributed by atoms with Crippen LogP contribution in [0.1, 0.15) is 40.2 Å². The highest BCUT2D eigenvalue weighted by atomic mass is 32.2. The van der Waals surface area contributed by atoms with E-state index in [4.69, 9.17) is 4.99 Å². The summed E-state index contributed by atoms with van der Waals surface area (Å²) in [5.41, 5.74) is 3.15. The van der Waals surface area contributed by atoms with Crippen LogP contribution in [-0.4, -0.2) is 24.2 Å². The summed E-state index contributed by atoms with van der Waals surface area (Å²) >= 11 is 1.52. The maximum Gasteiger partial charge on any atom is 0.165 e. The van der Waals surface area contributed by atoms with Crippen LogP contribution < -0.4 is 4.90 Å². The van der Waals surface area contributed by atoms with Crippen LogP contribution in [0.2, 0.25) is 0 Å². The molecule has 26 heavy (non-hydrogen) atoms. The number of allylic oxidation sites excluding steroid dienone is 1. The highest BCUT2D eigenvalue weighted by Crippen LogP contribution is 2.42. The monoisotopic (exact) mass is 366 g/mol. The predicted molar refractivity (Wildman–Crippen MR) is 111 cm³/mol. The zero-order valence-corrected chi connectivity index (χ0v) is 17.0. The molecule has 0 saturated carbocycles. The lowest BCUT2D eigenvalue weighted by Gasteiger charge is -2.21. The third kappa shape index (κ3) is 4.48. The Labute approximate surface area is 161 Å². The molecular formula is C21H26N4S. The van der Waals surface area contributed by atoms with Gasteiger partial charge in [0.25, 0.3) is 0 Å². The number of rotatable bonds is 5. The summed E-state index contributed by atoms with van der Waals surface area (Å²) in [5, 5.41) is 18.1. The summed E-state index contributed by atoms with van der Waals surface area (Å²) in [5.74, 6) is -0.728. The van der Waals surface area contributed by atoms with Gasteiger partial charge in [-0.2, -0.15) is 10.5 Å². The van der Waals surface area contributed by atoms with Crippen LogP contribution in [-0.2, 0) is 0 Å². The minimum Gasteiger partial charge on any atom is -0.372 e. The van der Waals surface area contributed by atoms with Crippen molar-refractivity contribution in [1.82, 2.24) is 0 Å². The Kier molecular flexibility index (Phi) is 6.51. The first-order valence-corrected chi connectivity index (χ1v) is 9.83. The first-order valence-electron chi connectivity index (χ1n) is 8.95. The molecule has 0 bridgehead atoms. The molecule has 136 valence electrons. The molecule has 4 nitrogen and oxygen atoms in total. The fourth-order valence-electron chi connectivity index (χ4n) is 2.89. The zero-order valence-electron chi connectivity index (χ0n) is 16.2. The summed E-state index contributed by atoms with van der Waals surface area (Å²) < 4.78 is 0. The molecule has 0 spiro atoms. The van der Waals surface area contributed by atoms with Gasteiger partial charge in [-0.15, -0.1) is 0 Å². The van der Waals surface area contributed by atoms with Crippen molar-refractivity contribution in [1.29, 1.82) is 10.5 Å². The lowest BCUT2D eigenvalue weighted by atomic mass is 9.89. The van der Waals surface area contributed by atoms with E-state index in [1.807, 2.05) is 0 Å². The first kappa shape index (κ1) is 20.1. The minimum absolute atomic E-state index is 0.135. The summed E-state index contributed by atoms with van der Waals surface area (Å²) in [7, 11) is 0. The van der Waals surface area contributed by atoms with Crippen LogP contribution in [0, 0.1) is 34.0 Å². The Morgan fingerprint density at radius 1 is 1.15 bits per heavy atom. The summed E-state index contributed by atoms with van der Waals surface area (Å²) in [6.07, 6.45) is 2.12. The quantitative estimate of drug-likeness (QED) is 0.727. The van der Waals surface area contributed by atoms with Crippen molar-refractivity contribution in [3.05, 3.63) is 34.7 Å². The van der Waals surface area contributed by atoms with E-state index in [1.54, 1.807) is 0 Å². The van der Waals surface area contributed by atoms with E-state index in [1.165, 1.54) is 17.4 Å². The molecule has 1 aliphatic heterocycles. The SMILES string of the molecule is CCN(CC)c1ccc(/C=C2\SC(C(C#N)C#N)N=C2C(C)(C)C)cc1. The molecule has 0 aliphatic carbocycles. The second-order valence-electron chi connectivity index (χ2n) is 7.24. The first-order chi connectivity index (χ1) is 12.3. The van der Waals surface area contributed by atoms with E-state index in [-0.39, 0.29) is 10.8 Å². The van der Waals surface area contributed by atoms with Gasteiger partial charge in [0.15, 0.2) is 5.92 Å². The molecule has 1 heterocycles. The third-order valence-corrected chi connectivity index (χ3v) is 5.51. The summed E-state index contributed by atoms with van der Waals surface area (Å²) in [6.45, 7) is 12.6. The number of aliphatic imine (C=N–C) groups is 1. The second kappa shape index (κ2) is 8.43. The van der Waals surface area contributed by atoms with Crippen LogP contribution in [0.15, 0.2) is 34.2 Å². The Hall–Kier alpha value is -2.24. The Balaban J connectivity index is 2.33. The Morgan fingerprint density at radius 2 is 1.73 bits per heavy atom. The molecule has 0 radical (unpaired) electrons. The maximum atomic E-state index is 9.20. The molecule has 0 amide bonds. The molecule has 1 aliphatic rings. The van der Waals surface area contributed by atoms with Gasteiger partial charge in [0.1, 0.15) is 5.37 Å². The van der Waals surface area contributed by atoms with Crippen molar-refractivity contribution in [2.75, 3.05) is 18.0 Å². The van der Waals surface area contributed by atoms with Crippen molar-refractivity contribution in [3.63, 3.8) is 0 Å². The highest BCUT2D eigenvalue weighted by Gasteiger charge is 2.35. The molecule has 2 rings (SSSR count). The van der Waals surface area contributed by atoms with Gasteiger partial charge in [-0.3, -0.25) is 4.99 Å². The zero-order chi connectivity index (χ0) is 19.3. The van der Waals surface area contributed by atoms with Crippen LogP contribution in [0.5, 0.6) is 0 Å². The van der Waals surface area contributed by atoms with E-state index in [9.17, 15) is 10.5 Å². The van der Waals surface area contributed by atoms with E-state index in [0.29, 0.717) is 0 Å². The van der Waals surface area contributed by atoms with Crippen molar-refractivity contribution in [2.24, 2.45) is 16.3 Å². The predicted octanol–water partition coefficient (Wildman–Crippen LogP) is 5.10. The number of nitrogens with zero attached hydrogens (tertiary/aromatic N) is 4. The van der Waals surface area contributed by atoms with E-state index >= 15 is 0 Å². The van der Waals surface area contributed by atoms with Gasteiger partial charge in [0.2, 0.25) is 0 Å². The lowest BCUT2D eigenvalue weighted by Crippen LogP contribution is -2.21. The summed E-state index contributed by atoms with van der Waals surface area (Å²) in [4.78, 5) is 8.07. The van der Waals surface area contributed by atoms with Crippen molar-refractivity contribution < 1.29 is 0 Å². The number of anilines is 1. The van der Waals surface area contributed by atoms with Gasteiger partial charge in [0, 0.05) is 29.1 Å². The topological polar surface area (TPSA) is 63.2 Å². The van der Waals surface area contributed by atoms with Gasteiger partial charge in [-0.1, -0.05) is 44.7 Å². The molecule has 0 saturated heterocycles. The molecule has 1 aromatic carbocycles. The molecular weight excluding hydrogens is 340 g/mol. The smallest absolute Gasteiger partial charge is 0.165 e. The number of benzene rings is 1. The van der Waals surface area contributed by atoms with E-state index in [0.717, 1.165) is 29.3 Å². The van der Waals surface area contributed by atoms with Gasteiger partial charge in [-0.05, 0) is 37.6 Å². The standard InChI is InChI=1S/C21H26N4S/c1-6-25(7-2)17-10-8-15(9-11-17)12-18-19(21(3,4)5)24-20(26-18)16(13-22)14-23/h8-12,16,20H,6-7H2,1-5H3/b18-12-. The Bertz CT molecular complexity index is 754. The molecule has 0 fully saturated rings. The fourth-order valence-corrected chi connectivity index (χ4v) is 4.24. The maximum absolute atomic E-state index is 9.20. The van der Waals surface area contributed by atoms with E-state index < -0.39 is 5.92 Å². The van der Waals surface area contributed by atoms with Crippen molar-refractivity contribution in [2.45, 2.75) is 40.0 Å². The largest absolute Gasteiger partial charge is 0.372 e. The number of nitriles is 2. The number of hydrogen-bond donors (Lipinski definition) is 0. The van der Waals surface area contributed by atoms with Gasteiger partial charge in [0.05, 0.1) is 17.9 Å². The molecule has 0 N–H and O–H groups in total. The van der Waals surface area contributed by atoms with Gasteiger partial charge in [-0.25, -0.2) is 0 Å². The van der Waals surface area contributed by atoms with Gasteiger partial charge >= 0.3 is 0 Å². The molecule has 5 heteroatoms.